The zero-order valence-electron chi connectivity index (χ0n) is 12.9. The highest BCUT2D eigenvalue weighted by molar-refractivity contribution is 5.55. The van der Waals surface area contributed by atoms with E-state index in [1.165, 1.54) is 27.9 Å². The van der Waals surface area contributed by atoms with E-state index in [1.807, 2.05) is 0 Å². The van der Waals surface area contributed by atoms with Gasteiger partial charge >= 0.3 is 0 Å². The molecule has 0 fully saturated rings. The van der Waals surface area contributed by atoms with Crippen LogP contribution in [0.15, 0.2) is 42.5 Å². The molecular weight excluding hydrogens is 244 g/mol. The number of nitrogens with two attached hydrogens (primary N) is 1. The molecule has 1 unspecified atom stereocenters. The Morgan fingerprint density at radius 2 is 1.70 bits per heavy atom. The lowest BCUT2D eigenvalue weighted by molar-refractivity contribution is 0.674. The molecule has 0 heterocycles. The summed E-state index contributed by atoms with van der Waals surface area (Å²) < 4.78 is 0. The first-order chi connectivity index (χ1) is 9.54. The summed E-state index contributed by atoms with van der Waals surface area (Å²) in [5, 5.41) is 0. The fourth-order valence-electron chi connectivity index (χ4n) is 2.74. The Balaban J connectivity index is 2.42. The van der Waals surface area contributed by atoms with Crippen LogP contribution in [0.2, 0.25) is 0 Å². The van der Waals surface area contributed by atoms with Gasteiger partial charge in [-0.25, -0.2) is 0 Å². The summed E-state index contributed by atoms with van der Waals surface area (Å²) in [6.45, 7) is 7.03. The van der Waals surface area contributed by atoms with Crippen molar-refractivity contribution in [3.8, 4) is 0 Å². The first-order valence-corrected chi connectivity index (χ1v) is 7.10. The molecule has 0 saturated carbocycles. The molecule has 2 heteroatoms. The van der Waals surface area contributed by atoms with Crippen LogP contribution in [0, 0.1) is 20.8 Å². The SMILES string of the molecule is Cc1ccc(C)c(C(CN)N(C)c2ccccc2C)c1. The highest BCUT2D eigenvalue weighted by Crippen LogP contribution is 2.29. The molecule has 0 radical (unpaired) electrons. The monoisotopic (exact) mass is 268 g/mol. The molecule has 2 aromatic rings. The Bertz CT molecular complexity index is 590. The third-order valence-electron chi connectivity index (χ3n) is 3.98. The highest BCUT2D eigenvalue weighted by Gasteiger charge is 2.19. The average molecular weight is 268 g/mol. The van der Waals surface area contributed by atoms with Crippen molar-refractivity contribution in [3.63, 3.8) is 0 Å². The molecule has 106 valence electrons. The van der Waals surface area contributed by atoms with Gasteiger partial charge in [-0.15, -0.1) is 0 Å². The van der Waals surface area contributed by atoms with Crippen LogP contribution in [0.3, 0.4) is 0 Å². The zero-order valence-corrected chi connectivity index (χ0v) is 12.9. The van der Waals surface area contributed by atoms with E-state index in [0.717, 1.165) is 0 Å². The molecule has 0 aliphatic heterocycles. The van der Waals surface area contributed by atoms with Crippen LogP contribution in [0.5, 0.6) is 0 Å². The van der Waals surface area contributed by atoms with Gasteiger partial charge in [0, 0.05) is 19.3 Å². The molecule has 0 aliphatic carbocycles. The van der Waals surface area contributed by atoms with Crippen molar-refractivity contribution in [2.24, 2.45) is 5.73 Å². The summed E-state index contributed by atoms with van der Waals surface area (Å²) in [7, 11) is 2.13. The van der Waals surface area contributed by atoms with Gasteiger partial charge < -0.3 is 10.6 Å². The van der Waals surface area contributed by atoms with E-state index in [4.69, 9.17) is 5.73 Å². The fraction of sp³-hybridized carbons (Fsp3) is 0.333. The average Bonchev–Trinajstić information content (AvgIpc) is 2.44. The van der Waals surface area contributed by atoms with E-state index < -0.39 is 0 Å². The van der Waals surface area contributed by atoms with Crippen molar-refractivity contribution >= 4 is 5.69 Å². The van der Waals surface area contributed by atoms with Crippen molar-refractivity contribution in [1.29, 1.82) is 0 Å². The molecule has 2 N–H and O–H groups in total. The Hall–Kier alpha value is -1.80. The first-order valence-electron chi connectivity index (χ1n) is 7.10. The number of anilines is 1. The quantitative estimate of drug-likeness (QED) is 0.915. The molecular formula is C18H24N2. The number of benzene rings is 2. The van der Waals surface area contributed by atoms with E-state index in [9.17, 15) is 0 Å². The van der Waals surface area contributed by atoms with Gasteiger partial charge in [-0.2, -0.15) is 0 Å². The van der Waals surface area contributed by atoms with Crippen LogP contribution in [0.4, 0.5) is 5.69 Å². The smallest absolute Gasteiger partial charge is 0.0664 e. The number of rotatable bonds is 4. The van der Waals surface area contributed by atoms with E-state index in [1.54, 1.807) is 0 Å². The summed E-state index contributed by atoms with van der Waals surface area (Å²) in [4.78, 5) is 2.29. The number of para-hydroxylation sites is 1. The molecule has 0 amide bonds. The Morgan fingerprint density at radius 3 is 2.35 bits per heavy atom. The maximum Gasteiger partial charge on any atom is 0.0664 e. The first kappa shape index (κ1) is 14.6. The molecule has 2 rings (SSSR count). The van der Waals surface area contributed by atoms with Gasteiger partial charge in [-0.3, -0.25) is 0 Å². The standard InChI is InChI=1S/C18H24N2/c1-13-9-10-14(2)16(11-13)18(12-19)20(4)17-8-6-5-7-15(17)3/h5-11,18H,12,19H2,1-4H3. The Labute approximate surface area is 122 Å². The Kier molecular flexibility index (Phi) is 4.46. The maximum atomic E-state index is 6.07. The number of hydrogen-bond acceptors (Lipinski definition) is 2. The van der Waals surface area contributed by atoms with Crippen molar-refractivity contribution in [1.82, 2.24) is 0 Å². The molecule has 2 nitrogen and oxygen atoms in total. The van der Waals surface area contributed by atoms with Gasteiger partial charge in [0.2, 0.25) is 0 Å². The summed E-state index contributed by atoms with van der Waals surface area (Å²) >= 11 is 0. The predicted octanol–water partition coefficient (Wildman–Crippen LogP) is 3.75. The Morgan fingerprint density at radius 1 is 1.00 bits per heavy atom. The number of aryl methyl sites for hydroxylation is 3. The summed E-state index contributed by atoms with van der Waals surface area (Å²) in [5.74, 6) is 0. The molecule has 0 saturated heterocycles. The third-order valence-corrected chi connectivity index (χ3v) is 3.98. The number of likely N-dealkylation sites (N-methyl/N-ethyl adjacent to an activating group) is 1. The minimum absolute atomic E-state index is 0.205. The lowest BCUT2D eigenvalue weighted by atomic mass is 9.97. The van der Waals surface area contributed by atoms with Gasteiger partial charge in [-0.05, 0) is 43.5 Å². The van der Waals surface area contributed by atoms with Gasteiger partial charge in [-0.1, -0.05) is 42.0 Å². The normalized spacial score (nSPS) is 12.2. The van der Waals surface area contributed by atoms with Crippen LogP contribution in [0.1, 0.15) is 28.3 Å². The fourth-order valence-corrected chi connectivity index (χ4v) is 2.74. The van der Waals surface area contributed by atoms with Gasteiger partial charge in [0.05, 0.1) is 6.04 Å². The summed E-state index contributed by atoms with van der Waals surface area (Å²) in [6, 6.07) is 15.2. The van der Waals surface area contributed by atoms with E-state index in [-0.39, 0.29) is 6.04 Å². The second-order valence-corrected chi connectivity index (χ2v) is 5.51. The maximum absolute atomic E-state index is 6.07. The van der Waals surface area contributed by atoms with Crippen LogP contribution in [-0.2, 0) is 0 Å². The summed E-state index contributed by atoms with van der Waals surface area (Å²) in [5.41, 5.74) is 12.5. The van der Waals surface area contributed by atoms with E-state index >= 15 is 0 Å². The molecule has 0 spiro atoms. The zero-order chi connectivity index (χ0) is 14.7. The van der Waals surface area contributed by atoms with Gasteiger partial charge in [0.15, 0.2) is 0 Å². The number of nitrogens with zero attached hydrogens (tertiary/aromatic N) is 1. The van der Waals surface area contributed by atoms with Gasteiger partial charge in [0.25, 0.3) is 0 Å². The van der Waals surface area contributed by atoms with Crippen molar-refractivity contribution in [3.05, 3.63) is 64.7 Å². The third kappa shape index (κ3) is 2.86. The molecule has 2 aromatic carbocycles. The van der Waals surface area contributed by atoms with Gasteiger partial charge in [0.1, 0.15) is 0 Å². The lowest BCUT2D eigenvalue weighted by Gasteiger charge is -2.32. The van der Waals surface area contributed by atoms with Crippen molar-refractivity contribution < 1.29 is 0 Å². The molecule has 0 aliphatic rings. The summed E-state index contributed by atoms with van der Waals surface area (Å²) in [6.07, 6.45) is 0. The van der Waals surface area contributed by atoms with Crippen LogP contribution < -0.4 is 10.6 Å². The lowest BCUT2D eigenvalue weighted by Crippen LogP contribution is -2.31. The molecule has 0 bridgehead atoms. The minimum Gasteiger partial charge on any atom is -0.366 e. The van der Waals surface area contributed by atoms with Crippen LogP contribution >= 0.6 is 0 Å². The largest absolute Gasteiger partial charge is 0.366 e. The van der Waals surface area contributed by atoms with E-state index in [0.29, 0.717) is 6.54 Å². The second-order valence-electron chi connectivity index (χ2n) is 5.51. The molecule has 1 atom stereocenters. The number of hydrogen-bond donors (Lipinski definition) is 1. The molecule has 0 aromatic heterocycles. The second kappa shape index (κ2) is 6.10. The highest BCUT2D eigenvalue weighted by atomic mass is 15.1. The van der Waals surface area contributed by atoms with Crippen molar-refractivity contribution in [2.45, 2.75) is 26.8 Å². The van der Waals surface area contributed by atoms with Crippen LogP contribution in [-0.4, -0.2) is 13.6 Å². The predicted molar refractivity (Wildman–Crippen MR) is 87.3 cm³/mol. The molecule has 20 heavy (non-hydrogen) atoms. The van der Waals surface area contributed by atoms with Crippen LogP contribution in [0.25, 0.3) is 0 Å². The minimum atomic E-state index is 0.205. The van der Waals surface area contributed by atoms with E-state index in [2.05, 4.69) is 75.2 Å². The topological polar surface area (TPSA) is 29.3 Å². The van der Waals surface area contributed by atoms with Crippen molar-refractivity contribution in [2.75, 3.05) is 18.5 Å².